The smallest absolute Gasteiger partial charge is 0.427 e. The molecule has 3 saturated heterocycles. The van der Waals surface area contributed by atoms with Crippen molar-refractivity contribution in [2.45, 2.75) is 60.0 Å². The Morgan fingerprint density at radius 1 is 1.00 bits per heavy atom. The Morgan fingerprint density at radius 3 is 2.29 bits per heavy atom. The SMILES string of the molecule is Cc1ccc(N(CCCN2CC3CN(C(=O)c4c(C)ncnc4C)CC3C2)C(=O)C2CCN(OC(=O)OC(C)(C)C)C2)cc1Cl. The molecule has 0 bridgehead atoms. The number of halogens is 1. The number of carbonyl (C=O) groups is 3. The number of aryl methyl sites for hydroxylation is 3. The van der Waals surface area contributed by atoms with Crippen LogP contribution in [0, 0.1) is 38.5 Å². The van der Waals surface area contributed by atoms with E-state index in [2.05, 4.69) is 14.9 Å². The largest absolute Gasteiger partial charge is 0.528 e. The average Bonchev–Trinajstić information content (AvgIpc) is 3.67. The van der Waals surface area contributed by atoms with Crippen LogP contribution in [0.1, 0.15) is 60.9 Å². The van der Waals surface area contributed by atoms with E-state index >= 15 is 0 Å². The number of aromatic nitrogens is 2. The minimum Gasteiger partial charge on any atom is -0.427 e. The van der Waals surface area contributed by atoms with Crippen LogP contribution in [0.3, 0.4) is 0 Å². The van der Waals surface area contributed by atoms with Gasteiger partial charge in [-0.3, -0.25) is 9.59 Å². The molecule has 0 radical (unpaired) electrons. The molecule has 0 N–H and O–H groups in total. The highest BCUT2D eigenvalue weighted by Gasteiger charge is 2.42. The van der Waals surface area contributed by atoms with Crippen molar-refractivity contribution in [2.75, 3.05) is 57.3 Å². The topological polar surface area (TPSA) is 108 Å². The zero-order chi connectivity index (χ0) is 32.5. The summed E-state index contributed by atoms with van der Waals surface area (Å²) in [5.74, 6) is 0.571. The van der Waals surface area contributed by atoms with Gasteiger partial charge < -0.3 is 24.3 Å². The molecule has 3 unspecified atom stereocenters. The van der Waals surface area contributed by atoms with Crippen LogP contribution >= 0.6 is 11.6 Å². The normalized spacial score (nSPS) is 22.0. The molecule has 0 spiro atoms. The second kappa shape index (κ2) is 13.6. The molecule has 1 aromatic heterocycles. The van der Waals surface area contributed by atoms with E-state index in [4.69, 9.17) is 21.2 Å². The van der Waals surface area contributed by atoms with Gasteiger partial charge in [0.15, 0.2) is 0 Å². The molecule has 12 heteroatoms. The Hall–Kier alpha value is -3.28. The van der Waals surface area contributed by atoms with Crippen molar-refractivity contribution in [3.8, 4) is 0 Å². The maximum atomic E-state index is 13.9. The molecule has 11 nitrogen and oxygen atoms in total. The van der Waals surface area contributed by atoms with E-state index in [1.54, 1.807) is 20.8 Å². The Balaban J connectivity index is 1.16. The van der Waals surface area contributed by atoms with Gasteiger partial charge in [-0.25, -0.2) is 14.8 Å². The molecule has 0 aliphatic carbocycles. The number of carbonyl (C=O) groups excluding carboxylic acids is 3. The van der Waals surface area contributed by atoms with Crippen molar-refractivity contribution in [1.82, 2.24) is 24.8 Å². The molecule has 5 rings (SSSR count). The van der Waals surface area contributed by atoms with Crippen LogP contribution in [0.25, 0.3) is 0 Å². The molecule has 2 aromatic rings. The molecule has 0 saturated carbocycles. The number of benzene rings is 1. The number of fused-ring (bicyclic) bond motifs is 1. The summed E-state index contributed by atoms with van der Waals surface area (Å²) >= 11 is 6.48. The first-order valence-corrected chi connectivity index (χ1v) is 16.2. The van der Waals surface area contributed by atoms with Gasteiger partial charge in [0.1, 0.15) is 11.9 Å². The molecular formula is C33H45ClN6O5. The monoisotopic (exact) mass is 640 g/mol. The minimum absolute atomic E-state index is 0.00636. The van der Waals surface area contributed by atoms with Gasteiger partial charge in [-0.05, 0) is 90.5 Å². The van der Waals surface area contributed by atoms with Crippen LogP contribution in [0.15, 0.2) is 24.5 Å². The number of rotatable bonds is 8. The maximum absolute atomic E-state index is 13.9. The summed E-state index contributed by atoms with van der Waals surface area (Å²) in [6.07, 6.45) is 2.12. The predicted molar refractivity (Wildman–Crippen MR) is 171 cm³/mol. The third-order valence-corrected chi connectivity index (χ3v) is 9.38. The molecule has 45 heavy (non-hydrogen) atoms. The lowest BCUT2D eigenvalue weighted by atomic mass is 10.0. The number of likely N-dealkylation sites (tertiary alicyclic amines) is 2. The zero-order valence-electron chi connectivity index (χ0n) is 27.2. The highest BCUT2D eigenvalue weighted by atomic mass is 35.5. The molecule has 1 aromatic carbocycles. The molecule has 4 heterocycles. The standard InChI is InChI=1S/C33H45ClN6O5/c1-21-8-9-27(14-28(21)34)40(30(41)24-10-13-39(19-24)45-32(43)44-33(4,5)6)12-7-11-37-15-25-17-38(18-26(25)16-37)31(42)29-22(2)35-20-36-23(29)3/h8-9,14,20,24-26H,7,10-13,15-19H2,1-6H3. The van der Waals surface area contributed by atoms with Gasteiger partial charge in [-0.15, -0.1) is 5.06 Å². The van der Waals surface area contributed by atoms with E-state index in [-0.39, 0.29) is 17.7 Å². The zero-order valence-corrected chi connectivity index (χ0v) is 28.0. The number of anilines is 1. The number of hydrogen-bond donors (Lipinski definition) is 0. The van der Waals surface area contributed by atoms with Crippen molar-refractivity contribution >= 4 is 35.3 Å². The van der Waals surface area contributed by atoms with Crippen molar-refractivity contribution in [3.63, 3.8) is 0 Å². The number of ether oxygens (including phenoxy) is 1. The van der Waals surface area contributed by atoms with Crippen molar-refractivity contribution in [2.24, 2.45) is 17.8 Å². The summed E-state index contributed by atoms with van der Waals surface area (Å²) in [5.41, 5.74) is 3.13. The molecule has 244 valence electrons. The number of nitrogens with zero attached hydrogens (tertiary/aromatic N) is 6. The lowest BCUT2D eigenvalue weighted by Gasteiger charge is -2.28. The minimum atomic E-state index is -0.764. The summed E-state index contributed by atoms with van der Waals surface area (Å²) in [4.78, 5) is 59.4. The highest BCUT2D eigenvalue weighted by Crippen LogP contribution is 2.33. The summed E-state index contributed by atoms with van der Waals surface area (Å²) in [7, 11) is 0. The van der Waals surface area contributed by atoms with Crippen molar-refractivity contribution in [1.29, 1.82) is 0 Å². The molecule has 3 fully saturated rings. The second-order valence-electron chi connectivity index (χ2n) is 13.6. The first-order chi connectivity index (χ1) is 21.3. The van der Waals surface area contributed by atoms with Crippen LogP contribution in [0.2, 0.25) is 5.02 Å². The van der Waals surface area contributed by atoms with Crippen LogP contribution in [0.5, 0.6) is 0 Å². The lowest BCUT2D eigenvalue weighted by molar-refractivity contribution is -0.136. The maximum Gasteiger partial charge on any atom is 0.528 e. The molecule has 3 aliphatic heterocycles. The Bertz CT molecular complexity index is 1400. The van der Waals surface area contributed by atoms with Gasteiger partial charge in [0.25, 0.3) is 5.91 Å². The first kappa shape index (κ1) is 33.1. The Morgan fingerprint density at radius 2 is 1.67 bits per heavy atom. The molecule has 2 amide bonds. The molecule has 3 aliphatic rings. The van der Waals surface area contributed by atoms with E-state index in [0.29, 0.717) is 48.5 Å². The fourth-order valence-corrected chi connectivity index (χ4v) is 6.85. The average molecular weight is 641 g/mol. The summed E-state index contributed by atoms with van der Waals surface area (Å²) in [5, 5.41) is 2.13. The summed E-state index contributed by atoms with van der Waals surface area (Å²) in [6, 6.07) is 5.73. The quantitative estimate of drug-likeness (QED) is 0.380. The van der Waals surface area contributed by atoms with Gasteiger partial charge in [0.05, 0.1) is 22.9 Å². The Labute approximate surface area is 270 Å². The fourth-order valence-electron chi connectivity index (χ4n) is 6.68. The van der Waals surface area contributed by atoms with Crippen LogP contribution in [-0.2, 0) is 14.4 Å². The number of hydrogen-bond acceptors (Lipinski definition) is 9. The van der Waals surface area contributed by atoms with Crippen molar-refractivity contribution < 1.29 is 24.0 Å². The third kappa shape index (κ3) is 7.93. The molecular weight excluding hydrogens is 596 g/mol. The highest BCUT2D eigenvalue weighted by molar-refractivity contribution is 6.31. The molecule has 3 atom stereocenters. The predicted octanol–water partition coefficient (Wildman–Crippen LogP) is 4.67. The van der Waals surface area contributed by atoms with E-state index in [1.165, 1.54) is 11.4 Å². The van der Waals surface area contributed by atoms with Crippen LogP contribution in [0.4, 0.5) is 10.5 Å². The lowest BCUT2D eigenvalue weighted by Crippen LogP contribution is -2.40. The van der Waals surface area contributed by atoms with Gasteiger partial charge in [0.2, 0.25) is 5.91 Å². The van der Waals surface area contributed by atoms with Crippen LogP contribution in [-0.4, -0.2) is 101 Å². The summed E-state index contributed by atoms with van der Waals surface area (Å²) < 4.78 is 5.27. The van der Waals surface area contributed by atoms with E-state index < -0.39 is 11.8 Å². The van der Waals surface area contributed by atoms with E-state index in [0.717, 1.165) is 61.8 Å². The van der Waals surface area contributed by atoms with Gasteiger partial charge >= 0.3 is 6.16 Å². The second-order valence-corrected chi connectivity index (χ2v) is 14.0. The van der Waals surface area contributed by atoms with Crippen molar-refractivity contribution in [3.05, 3.63) is 52.1 Å². The van der Waals surface area contributed by atoms with E-state index in [1.807, 2.05) is 48.8 Å². The van der Waals surface area contributed by atoms with Crippen LogP contribution < -0.4 is 4.90 Å². The first-order valence-electron chi connectivity index (χ1n) is 15.8. The van der Waals surface area contributed by atoms with Gasteiger partial charge in [-0.1, -0.05) is 17.7 Å². The van der Waals surface area contributed by atoms with E-state index in [9.17, 15) is 14.4 Å². The third-order valence-electron chi connectivity index (χ3n) is 8.97. The Kier molecular flexibility index (Phi) is 10.0. The van der Waals surface area contributed by atoms with Gasteiger partial charge in [-0.2, -0.15) is 0 Å². The number of amides is 2. The number of hydroxylamine groups is 2. The summed E-state index contributed by atoms with van der Waals surface area (Å²) in [6.45, 7) is 16.5. The fraction of sp³-hybridized carbons (Fsp3) is 0.606. The van der Waals surface area contributed by atoms with Gasteiger partial charge in [0, 0.05) is 56.5 Å².